The zero-order chi connectivity index (χ0) is 11.9. The van der Waals surface area contributed by atoms with Gasteiger partial charge < -0.3 is 15.2 Å². The van der Waals surface area contributed by atoms with Crippen molar-refractivity contribution >= 4 is 6.09 Å². The molecule has 4 heteroatoms. The van der Waals surface area contributed by atoms with Gasteiger partial charge >= 0.3 is 6.09 Å². The summed E-state index contributed by atoms with van der Waals surface area (Å²) in [5.74, 6) is 0.297. The average molecular weight is 217 g/mol. The first-order chi connectivity index (χ1) is 6.85. The van der Waals surface area contributed by atoms with Crippen molar-refractivity contribution in [2.24, 2.45) is 5.92 Å². The fourth-order valence-electron chi connectivity index (χ4n) is 1.05. The van der Waals surface area contributed by atoms with Gasteiger partial charge in [-0.15, -0.1) is 0 Å². The molecular formula is C11H23NO3. The molecule has 1 amide bonds. The maximum atomic E-state index is 11.2. The van der Waals surface area contributed by atoms with Gasteiger partial charge in [-0.3, -0.25) is 0 Å². The fourth-order valence-corrected chi connectivity index (χ4v) is 1.05. The average Bonchev–Trinajstić information content (AvgIpc) is 2.09. The van der Waals surface area contributed by atoms with Crippen molar-refractivity contribution in [3.05, 3.63) is 0 Å². The normalized spacial score (nSPS) is 13.4. The van der Waals surface area contributed by atoms with Crippen LogP contribution in [0.15, 0.2) is 0 Å². The van der Waals surface area contributed by atoms with Gasteiger partial charge in [-0.25, -0.2) is 4.79 Å². The summed E-state index contributed by atoms with van der Waals surface area (Å²) in [6, 6.07) is 0. The van der Waals surface area contributed by atoms with Crippen molar-refractivity contribution in [2.45, 2.75) is 46.1 Å². The highest BCUT2D eigenvalue weighted by Crippen LogP contribution is 2.07. The number of hydrogen-bond donors (Lipinski definition) is 2. The lowest BCUT2D eigenvalue weighted by molar-refractivity contribution is 0.0526. The molecule has 0 radical (unpaired) electrons. The van der Waals surface area contributed by atoms with E-state index in [0.717, 1.165) is 12.8 Å². The van der Waals surface area contributed by atoms with Gasteiger partial charge in [-0.2, -0.15) is 0 Å². The number of nitrogens with one attached hydrogen (secondary N) is 1. The maximum absolute atomic E-state index is 11.2. The van der Waals surface area contributed by atoms with Crippen molar-refractivity contribution in [2.75, 3.05) is 13.2 Å². The zero-order valence-electron chi connectivity index (χ0n) is 10.2. The highest BCUT2D eigenvalue weighted by Gasteiger charge is 2.15. The molecule has 0 aromatic heterocycles. The van der Waals surface area contributed by atoms with Gasteiger partial charge in [0.25, 0.3) is 0 Å². The van der Waals surface area contributed by atoms with Crippen LogP contribution in [-0.4, -0.2) is 30.0 Å². The summed E-state index contributed by atoms with van der Waals surface area (Å²) in [6.45, 7) is 8.28. The third kappa shape index (κ3) is 9.53. The standard InChI is InChI=1S/C11H23NO3/c1-9(8-13)6-5-7-12-10(14)15-11(2,3)4/h9,13H,5-8H2,1-4H3,(H,12,14)/t9-/m1/s1. The lowest BCUT2D eigenvalue weighted by Crippen LogP contribution is -2.33. The molecule has 0 aliphatic heterocycles. The molecule has 0 bridgehead atoms. The van der Waals surface area contributed by atoms with Crippen molar-refractivity contribution in [3.8, 4) is 0 Å². The molecule has 0 saturated heterocycles. The Labute approximate surface area is 92.0 Å². The van der Waals surface area contributed by atoms with Gasteiger partial charge in [0.05, 0.1) is 0 Å². The number of carbonyl (C=O) groups excluding carboxylic acids is 1. The van der Waals surface area contributed by atoms with Gasteiger partial charge in [0.1, 0.15) is 5.60 Å². The summed E-state index contributed by atoms with van der Waals surface area (Å²) >= 11 is 0. The Balaban J connectivity index is 3.48. The second-order valence-corrected chi connectivity index (χ2v) is 4.86. The SMILES string of the molecule is C[C@@H](CO)CCCNC(=O)OC(C)(C)C. The van der Waals surface area contributed by atoms with Gasteiger partial charge in [0, 0.05) is 13.2 Å². The van der Waals surface area contributed by atoms with Gasteiger partial charge in [-0.1, -0.05) is 6.92 Å². The monoisotopic (exact) mass is 217 g/mol. The highest BCUT2D eigenvalue weighted by atomic mass is 16.6. The topological polar surface area (TPSA) is 58.6 Å². The molecule has 15 heavy (non-hydrogen) atoms. The maximum Gasteiger partial charge on any atom is 0.407 e. The number of amides is 1. The quantitative estimate of drug-likeness (QED) is 0.692. The lowest BCUT2D eigenvalue weighted by atomic mass is 10.1. The van der Waals surface area contributed by atoms with Crippen molar-refractivity contribution < 1.29 is 14.6 Å². The predicted octanol–water partition coefficient (Wildman–Crippen LogP) is 1.92. The Bertz CT molecular complexity index is 187. The van der Waals surface area contributed by atoms with E-state index in [9.17, 15) is 4.79 Å². The minimum Gasteiger partial charge on any atom is -0.444 e. The van der Waals surface area contributed by atoms with Gasteiger partial charge in [-0.05, 0) is 39.5 Å². The van der Waals surface area contributed by atoms with Crippen LogP contribution in [0, 0.1) is 5.92 Å². The predicted molar refractivity (Wildman–Crippen MR) is 59.7 cm³/mol. The smallest absolute Gasteiger partial charge is 0.407 e. The van der Waals surface area contributed by atoms with E-state index in [1.165, 1.54) is 0 Å². The first kappa shape index (κ1) is 14.2. The van der Waals surface area contributed by atoms with Crippen LogP contribution in [0.2, 0.25) is 0 Å². The second-order valence-electron chi connectivity index (χ2n) is 4.86. The van der Waals surface area contributed by atoms with Crippen molar-refractivity contribution in [1.29, 1.82) is 0 Å². The Hall–Kier alpha value is -0.770. The van der Waals surface area contributed by atoms with Crippen LogP contribution < -0.4 is 5.32 Å². The first-order valence-corrected chi connectivity index (χ1v) is 5.43. The van der Waals surface area contributed by atoms with Gasteiger partial charge in [0.2, 0.25) is 0 Å². The number of rotatable bonds is 5. The third-order valence-corrected chi connectivity index (χ3v) is 1.85. The number of carbonyl (C=O) groups is 1. The molecule has 4 nitrogen and oxygen atoms in total. The van der Waals surface area contributed by atoms with E-state index in [4.69, 9.17) is 9.84 Å². The first-order valence-electron chi connectivity index (χ1n) is 5.43. The second kappa shape index (κ2) is 6.67. The summed E-state index contributed by atoms with van der Waals surface area (Å²) in [6.07, 6.45) is 1.40. The Morgan fingerprint density at radius 1 is 1.47 bits per heavy atom. The summed E-state index contributed by atoms with van der Waals surface area (Å²) in [7, 11) is 0. The molecule has 0 saturated carbocycles. The number of aliphatic hydroxyl groups excluding tert-OH is 1. The van der Waals surface area contributed by atoms with Crippen LogP contribution in [0.1, 0.15) is 40.5 Å². The van der Waals surface area contributed by atoms with Crippen molar-refractivity contribution in [1.82, 2.24) is 5.32 Å². The molecular weight excluding hydrogens is 194 g/mol. The Morgan fingerprint density at radius 2 is 2.07 bits per heavy atom. The molecule has 0 fully saturated rings. The van der Waals surface area contributed by atoms with Gasteiger partial charge in [0.15, 0.2) is 0 Å². The molecule has 0 aliphatic carbocycles. The molecule has 0 unspecified atom stereocenters. The van der Waals surface area contributed by atoms with Crippen LogP contribution in [0.25, 0.3) is 0 Å². The number of alkyl carbamates (subject to hydrolysis) is 1. The van der Waals surface area contributed by atoms with E-state index < -0.39 is 5.60 Å². The molecule has 0 heterocycles. The molecule has 0 aromatic carbocycles. The fraction of sp³-hybridized carbons (Fsp3) is 0.909. The third-order valence-electron chi connectivity index (χ3n) is 1.85. The molecule has 0 spiro atoms. The largest absolute Gasteiger partial charge is 0.444 e. The summed E-state index contributed by atoms with van der Waals surface area (Å²) < 4.78 is 5.07. The number of hydrogen-bond acceptors (Lipinski definition) is 3. The summed E-state index contributed by atoms with van der Waals surface area (Å²) in [4.78, 5) is 11.2. The van der Waals surface area contributed by atoms with Crippen LogP contribution in [0.5, 0.6) is 0 Å². The molecule has 0 aliphatic rings. The summed E-state index contributed by atoms with van der Waals surface area (Å²) in [5, 5.41) is 11.5. The van der Waals surface area contributed by atoms with Crippen LogP contribution in [-0.2, 0) is 4.74 Å². The van der Waals surface area contributed by atoms with E-state index in [0.29, 0.717) is 12.5 Å². The van der Waals surface area contributed by atoms with Crippen LogP contribution >= 0.6 is 0 Å². The number of aliphatic hydroxyl groups is 1. The van der Waals surface area contributed by atoms with E-state index in [1.54, 1.807) is 0 Å². The van der Waals surface area contributed by atoms with Crippen LogP contribution in [0.3, 0.4) is 0 Å². The molecule has 90 valence electrons. The highest BCUT2D eigenvalue weighted by molar-refractivity contribution is 5.67. The molecule has 0 rings (SSSR count). The molecule has 0 aromatic rings. The Morgan fingerprint density at radius 3 is 2.53 bits per heavy atom. The van der Waals surface area contributed by atoms with E-state index >= 15 is 0 Å². The van der Waals surface area contributed by atoms with E-state index in [-0.39, 0.29) is 12.7 Å². The minimum atomic E-state index is -0.442. The zero-order valence-corrected chi connectivity index (χ0v) is 10.2. The van der Waals surface area contributed by atoms with Crippen LogP contribution in [0.4, 0.5) is 4.79 Å². The Kier molecular flexibility index (Phi) is 6.32. The summed E-state index contributed by atoms with van der Waals surface area (Å²) in [5.41, 5.74) is -0.442. The lowest BCUT2D eigenvalue weighted by Gasteiger charge is -2.19. The van der Waals surface area contributed by atoms with E-state index in [2.05, 4.69) is 5.32 Å². The minimum absolute atomic E-state index is 0.201. The molecule has 1 atom stereocenters. The number of ether oxygens (including phenoxy) is 1. The molecule has 2 N–H and O–H groups in total. The van der Waals surface area contributed by atoms with E-state index in [1.807, 2.05) is 27.7 Å². The van der Waals surface area contributed by atoms with Crippen molar-refractivity contribution in [3.63, 3.8) is 0 Å².